The minimum Gasteiger partial charge on any atom is -0.508 e. The first-order chi connectivity index (χ1) is 12.2. The molecule has 26 heavy (non-hydrogen) atoms. The second-order valence-corrected chi connectivity index (χ2v) is 8.97. The number of fused-ring (bicyclic) bond motifs is 5. The second kappa shape index (κ2) is 5.70. The molecule has 0 aliphatic heterocycles. The highest BCUT2D eigenvalue weighted by molar-refractivity contribution is 5.66. The Bertz CT molecular complexity index is 722. The average Bonchev–Trinajstić information content (AvgIpc) is 2.80. The molecule has 5 heteroatoms. The first-order valence-electron chi connectivity index (χ1n) is 9.52. The van der Waals surface area contributed by atoms with E-state index in [0.29, 0.717) is 6.42 Å². The van der Waals surface area contributed by atoms with E-state index in [1.807, 2.05) is 6.08 Å². The van der Waals surface area contributed by atoms with E-state index < -0.39 is 18.3 Å². The average molecular weight is 360 g/mol. The number of rotatable bonds is 1. The summed E-state index contributed by atoms with van der Waals surface area (Å²) in [7, 11) is 0. The molecular weight excluding hydrogens is 332 g/mol. The first-order valence-corrected chi connectivity index (χ1v) is 9.52. The van der Waals surface area contributed by atoms with Gasteiger partial charge in [-0.15, -0.1) is 0 Å². The van der Waals surface area contributed by atoms with Gasteiger partial charge < -0.3 is 20.1 Å². The fourth-order valence-corrected chi connectivity index (χ4v) is 6.31. The number of esters is 1. The standard InChI is InChI=1S/C21H28O5/c1-11(22)26-19-17(25)10-15-18-14(5-7-21(15,19)3)20(2)6-4-13(23)8-12(20)9-16(18)24/h4,6,8-9,14-19,23-25H,5,7,10H2,1-3H3/t14?,15?,16?,17-,18?,19+,20+,21+/m1/s1. The Balaban J connectivity index is 1.73. The number of aliphatic hydroxyl groups is 3. The molecule has 0 amide bonds. The summed E-state index contributed by atoms with van der Waals surface area (Å²) in [6.07, 6.45) is 7.82. The lowest BCUT2D eigenvalue weighted by molar-refractivity contribution is -0.164. The third-order valence-corrected chi connectivity index (χ3v) is 7.60. The van der Waals surface area contributed by atoms with E-state index in [9.17, 15) is 20.1 Å². The lowest BCUT2D eigenvalue weighted by Gasteiger charge is -2.56. The van der Waals surface area contributed by atoms with Crippen LogP contribution in [0, 0.1) is 28.6 Å². The Morgan fingerprint density at radius 1 is 1.27 bits per heavy atom. The lowest BCUT2D eigenvalue weighted by atomic mass is 9.49. The van der Waals surface area contributed by atoms with E-state index in [1.165, 1.54) is 6.92 Å². The molecule has 4 aliphatic rings. The number of carbonyl (C=O) groups is 1. The summed E-state index contributed by atoms with van der Waals surface area (Å²) in [5.41, 5.74) is 0.401. The zero-order valence-electron chi connectivity index (χ0n) is 15.6. The van der Waals surface area contributed by atoms with Crippen molar-refractivity contribution in [1.29, 1.82) is 0 Å². The number of carbonyl (C=O) groups excluding carboxylic acids is 1. The third kappa shape index (κ3) is 2.33. The normalized spacial score (nSPS) is 49.4. The smallest absolute Gasteiger partial charge is 0.303 e. The molecule has 4 rings (SSSR count). The molecule has 0 aromatic carbocycles. The number of aliphatic hydroxyl groups excluding tert-OH is 3. The van der Waals surface area contributed by atoms with Crippen molar-refractivity contribution in [3.63, 3.8) is 0 Å². The second-order valence-electron chi connectivity index (χ2n) is 8.97. The van der Waals surface area contributed by atoms with Gasteiger partial charge in [-0.1, -0.05) is 26.0 Å². The van der Waals surface area contributed by atoms with Crippen LogP contribution < -0.4 is 0 Å². The van der Waals surface area contributed by atoms with E-state index in [2.05, 4.69) is 19.9 Å². The van der Waals surface area contributed by atoms with Crippen molar-refractivity contribution in [2.24, 2.45) is 28.6 Å². The van der Waals surface area contributed by atoms with Crippen LogP contribution in [0.5, 0.6) is 0 Å². The van der Waals surface area contributed by atoms with Crippen molar-refractivity contribution in [3.05, 3.63) is 35.6 Å². The summed E-state index contributed by atoms with van der Waals surface area (Å²) >= 11 is 0. The van der Waals surface area contributed by atoms with Gasteiger partial charge in [-0.05, 0) is 54.7 Å². The van der Waals surface area contributed by atoms with Gasteiger partial charge in [-0.2, -0.15) is 0 Å². The molecule has 2 fully saturated rings. The minimum absolute atomic E-state index is 0.00370. The monoisotopic (exact) mass is 360 g/mol. The molecule has 0 spiro atoms. The van der Waals surface area contributed by atoms with Crippen LogP contribution >= 0.6 is 0 Å². The van der Waals surface area contributed by atoms with Crippen LogP contribution in [0.3, 0.4) is 0 Å². The molecule has 0 aromatic rings. The number of allylic oxidation sites excluding steroid dienone is 4. The highest BCUT2D eigenvalue weighted by atomic mass is 16.6. The van der Waals surface area contributed by atoms with Crippen LogP contribution in [0.15, 0.2) is 35.6 Å². The minimum atomic E-state index is -0.691. The fraction of sp³-hybridized carbons (Fsp3) is 0.667. The van der Waals surface area contributed by atoms with Crippen LogP contribution in [0.2, 0.25) is 0 Å². The van der Waals surface area contributed by atoms with Gasteiger partial charge in [0.2, 0.25) is 0 Å². The maximum Gasteiger partial charge on any atom is 0.303 e. The quantitative estimate of drug-likeness (QED) is 0.626. The zero-order chi connectivity index (χ0) is 18.9. The maximum atomic E-state index is 11.5. The van der Waals surface area contributed by atoms with Gasteiger partial charge in [-0.3, -0.25) is 4.79 Å². The molecule has 0 radical (unpaired) electrons. The van der Waals surface area contributed by atoms with Crippen molar-refractivity contribution in [2.45, 2.75) is 58.3 Å². The molecule has 3 N–H and O–H groups in total. The van der Waals surface area contributed by atoms with Crippen molar-refractivity contribution in [2.75, 3.05) is 0 Å². The maximum absolute atomic E-state index is 11.5. The molecule has 2 saturated carbocycles. The van der Waals surface area contributed by atoms with Crippen molar-refractivity contribution < 1.29 is 24.9 Å². The highest BCUT2D eigenvalue weighted by Crippen LogP contribution is 2.64. The van der Waals surface area contributed by atoms with Gasteiger partial charge in [0.05, 0.1) is 12.2 Å². The van der Waals surface area contributed by atoms with Crippen LogP contribution in [0.25, 0.3) is 0 Å². The van der Waals surface area contributed by atoms with E-state index in [0.717, 1.165) is 18.4 Å². The fourth-order valence-electron chi connectivity index (χ4n) is 6.31. The van der Waals surface area contributed by atoms with Gasteiger partial charge in [0, 0.05) is 17.8 Å². The Labute approximate surface area is 154 Å². The summed E-state index contributed by atoms with van der Waals surface area (Å²) in [6, 6.07) is 0. The molecule has 8 atom stereocenters. The van der Waals surface area contributed by atoms with Gasteiger partial charge in [0.1, 0.15) is 11.9 Å². The summed E-state index contributed by atoms with van der Waals surface area (Å²) in [4.78, 5) is 11.5. The molecule has 4 unspecified atom stereocenters. The lowest BCUT2D eigenvalue weighted by Crippen LogP contribution is -2.54. The van der Waals surface area contributed by atoms with E-state index in [1.54, 1.807) is 12.2 Å². The largest absolute Gasteiger partial charge is 0.508 e. The summed E-state index contributed by atoms with van der Waals surface area (Å²) in [6.45, 7) is 5.64. The van der Waals surface area contributed by atoms with Crippen molar-refractivity contribution in [1.82, 2.24) is 0 Å². The Hall–Kier alpha value is -1.59. The molecular formula is C21H28O5. The predicted octanol–water partition coefficient (Wildman–Crippen LogP) is 2.65. The molecule has 0 aromatic heterocycles. The first kappa shape index (κ1) is 17.8. The number of ether oxygens (including phenoxy) is 1. The van der Waals surface area contributed by atoms with Crippen LogP contribution in [0.4, 0.5) is 0 Å². The Morgan fingerprint density at radius 3 is 2.69 bits per heavy atom. The molecule has 5 nitrogen and oxygen atoms in total. The predicted molar refractivity (Wildman–Crippen MR) is 96.0 cm³/mol. The van der Waals surface area contributed by atoms with Gasteiger partial charge in [0.25, 0.3) is 0 Å². The van der Waals surface area contributed by atoms with E-state index in [4.69, 9.17) is 4.74 Å². The number of hydrogen-bond donors (Lipinski definition) is 3. The van der Waals surface area contributed by atoms with Gasteiger partial charge in [0.15, 0.2) is 0 Å². The molecule has 142 valence electrons. The van der Waals surface area contributed by atoms with Crippen LogP contribution in [0.1, 0.15) is 40.0 Å². The molecule has 0 saturated heterocycles. The van der Waals surface area contributed by atoms with Crippen LogP contribution in [-0.4, -0.2) is 39.6 Å². The van der Waals surface area contributed by atoms with Gasteiger partial charge >= 0.3 is 5.97 Å². The van der Waals surface area contributed by atoms with Crippen molar-refractivity contribution >= 4 is 5.97 Å². The SMILES string of the molecule is CC(=O)O[C@H]1[C@H](O)CC2C3C(O)C=C4C=C(O)C=C[C@]4(C)C3CC[C@@]21C. The highest BCUT2D eigenvalue weighted by Gasteiger charge is 2.63. The Morgan fingerprint density at radius 2 is 2.00 bits per heavy atom. The van der Waals surface area contributed by atoms with Crippen molar-refractivity contribution in [3.8, 4) is 0 Å². The third-order valence-electron chi connectivity index (χ3n) is 7.60. The zero-order valence-corrected chi connectivity index (χ0v) is 15.6. The number of hydrogen-bond acceptors (Lipinski definition) is 5. The summed E-state index contributed by atoms with van der Waals surface area (Å²) in [5, 5.41) is 31.4. The molecule has 0 heterocycles. The topological polar surface area (TPSA) is 87.0 Å². The molecule has 0 bridgehead atoms. The van der Waals surface area contributed by atoms with Crippen LogP contribution in [-0.2, 0) is 9.53 Å². The Kier molecular flexibility index (Phi) is 3.90. The van der Waals surface area contributed by atoms with E-state index >= 15 is 0 Å². The van der Waals surface area contributed by atoms with E-state index in [-0.39, 0.29) is 40.3 Å². The van der Waals surface area contributed by atoms with Gasteiger partial charge in [-0.25, -0.2) is 0 Å². The molecule has 4 aliphatic carbocycles. The summed E-state index contributed by atoms with van der Waals surface area (Å²) < 4.78 is 5.51. The summed E-state index contributed by atoms with van der Waals surface area (Å²) in [5.74, 6) is 0.145.